The van der Waals surface area contributed by atoms with E-state index in [2.05, 4.69) is 9.82 Å². The van der Waals surface area contributed by atoms with E-state index in [1.54, 1.807) is 11.6 Å². The van der Waals surface area contributed by atoms with Gasteiger partial charge >= 0.3 is 5.63 Å². The van der Waals surface area contributed by atoms with Gasteiger partial charge in [0.1, 0.15) is 5.58 Å². The number of benzene rings is 1. The molecule has 0 saturated heterocycles. The SMILES string of the molecule is Cc1nn(C(C)C)c(C)c1NS(=O)(=O)c1ccc2oc(=O)ccc2c1. The second-order valence-electron chi connectivity index (χ2n) is 6.14. The van der Waals surface area contributed by atoms with E-state index in [4.69, 9.17) is 4.42 Å². The summed E-state index contributed by atoms with van der Waals surface area (Å²) in [5.41, 5.74) is 1.71. The van der Waals surface area contributed by atoms with Crippen LogP contribution in [-0.2, 0) is 10.0 Å². The topological polar surface area (TPSA) is 94.2 Å². The molecule has 0 unspecified atom stereocenters. The number of hydrogen-bond acceptors (Lipinski definition) is 5. The monoisotopic (exact) mass is 361 g/mol. The number of hydrogen-bond donors (Lipinski definition) is 1. The number of anilines is 1. The molecule has 1 aromatic carbocycles. The summed E-state index contributed by atoms with van der Waals surface area (Å²) in [5, 5.41) is 4.92. The number of aromatic nitrogens is 2. The largest absolute Gasteiger partial charge is 0.423 e. The van der Waals surface area contributed by atoms with Gasteiger partial charge in [-0.05, 0) is 52.0 Å². The van der Waals surface area contributed by atoms with Crippen molar-refractivity contribution in [3.05, 3.63) is 52.1 Å². The molecule has 1 N–H and O–H groups in total. The smallest absolute Gasteiger partial charge is 0.336 e. The summed E-state index contributed by atoms with van der Waals surface area (Å²) in [6.07, 6.45) is 0. The lowest BCUT2D eigenvalue weighted by molar-refractivity contribution is 0.516. The predicted molar refractivity (Wildman–Crippen MR) is 95.4 cm³/mol. The van der Waals surface area contributed by atoms with Crippen LogP contribution >= 0.6 is 0 Å². The van der Waals surface area contributed by atoms with Crippen LogP contribution < -0.4 is 10.3 Å². The Hall–Kier alpha value is -2.61. The van der Waals surface area contributed by atoms with Gasteiger partial charge in [0.15, 0.2) is 0 Å². The summed E-state index contributed by atoms with van der Waals surface area (Å²) in [5.74, 6) is 0. The van der Waals surface area contributed by atoms with Crippen LogP contribution in [0.25, 0.3) is 11.0 Å². The maximum atomic E-state index is 12.8. The van der Waals surface area contributed by atoms with Crippen molar-refractivity contribution in [3.8, 4) is 0 Å². The van der Waals surface area contributed by atoms with Gasteiger partial charge in [0.05, 0.1) is 22.0 Å². The second kappa shape index (κ2) is 6.03. The van der Waals surface area contributed by atoms with Crippen molar-refractivity contribution in [2.75, 3.05) is 4.72 Å². The Morgan fingerprint density at radius 2 is 1.88 bits per heavy atom. The highest BCUT2D eigenvalue weighted by atomic mass is 32.2. The molecule has 2 aromatic heterocycles. The van der Waals surface area contributed by atoms with Gasteiger partial charge in [0.25, 0.3) is 10.0 Å². The van der Waals surface area contributed by atoms with E-state index in [-0.39, 0.29) is 10.9 Å². The zero-order chi connectivity index (χ0) is 18.4. The molecule has 7 nitrogen and oxygen atoms in total. The molecule has 3 rings (SSSR count). The minimum Gasteiger partial charge on any atom is -0.423 e. The number of aryl methyl sites for hydroxylation is 1. The molecular formula is C17H19N3O4S. The molecule has 8 heteroatoms. The maximum Gasteiger partial charge on any atom is 0.336 e. The predicted octanol–water partition coefficient (Wildman–Crippen LogP) is 2.99. The normalized spacial score (nSPS) is 12.0. The van der Waals surface area contributed by atoms with Gasteiger partial charge in [-0.1, -0.05) is 0 Å². The molecule has 0 aliphatic carbocycles. The van der Waals surface area contributed by atoms with E-state index in [1.165, 1.54) is 30.3 Å². The minimum absolute atomic E-state index is 0.0879. The Morgan fingerprint density at radius 3 is 2.52 bits per heavy atom. The molecule has 3 aromatic rings. The van der Waals surface area contributed by atoms with E-state index in [0.29, 0.717) is 22.4 Å². The van der Waals surface area contributed by atoms with Gasteiger partial charge in [-0.3, -0.25) is 9.40 Å². The molecule has 0 aliphatic heterocycles. The lowest BCUT2D eigenvalue weighted by Crippen LogP contribution is -2.14. The highest BCUT2D eigenvalue weighted by Crippen LogP contribution is 2.26. The molecule has 132 valence electrons. The van der Waals surface area contributed by atoms with Crippen molar-refractivity contribution >= 4 is 26.7 Å². The van der Waals surface area contributed by atoms with Crippen molar-refractivity contribution in [2.45, 2.75) is 38.6 Å². The zero-order valence-electron chi connectivity index (χ0n) is 14.4. The second-order valence-corrected chi connectivity index (χ2v) is 7.83. The number of nitrogens with zero attached hydrogens (tertiary/aromatic N) is 2. The fraction of sp³-hybridized carbons (Fsp3) is 0.294. The van der Waals surface area contributed by atoms with Crippen molar-refractivity contribution in [2.24, 2.45) is 0 Å². The molecule has 0 bridgehead atoms. The van der Waals surface area contributed by atoms with Crippen LogP contribution in [-0.4, -0.2) is 18.2 Å². The third-order valence-corrected chi connectivity index (χ3v) is 5.30. The molecule has 0 aliphatic rings. The van der Waals surface area contributed by atoms with Crippen LogP contribution in [0.2, 0.25) is 0 Å². The molecular weight excluding hydrogens is 342 g/mol. The average molecular weight is 361 g/mol. The van der Waals surface area contributed by atoms with Crippen LogP contribution in [0.5, 0.6) is 0 Å². The third kappa shape index (κ3) is 3.17. The van der Waals surface area contributed by atoms with E-state index >= 15 is 0 Å². The summed E-state index contributed by atoms with van der Waals surface area (Å²) in [6, 6.07) is 7.27. The third-order valence-electron chi connectivity index (χ3n) is 3.95. The Labute approximate surface area is 145 Å². The zero-order valence-corrected chi connectivity index (χ0v) is 15.2. The van der Waals surface area contributed by atoms with Gasteiger partial charge in [-0.25, -0.2) is 13.2 Å². The standard InChI is InChI=1S/C17H19N3O4S/c1-10(2)20-12(4)17(11(3)18-20)19-25(22,23)14-6-7-15-13(9-14)5-8-16(21)24-15/h5-10,19H,1-4H3. The highest BCUT2D eigenvalue weighted by Gasteiger charge is 2.21. The Kier molecular flexibility index (Phi) is 4.16. The molecule has 0 fully saturated rings. The molecule has 0 saturated carbocycles. The molecule has 0 atom stereocenters. The van der Waals surface area contributed by atoms with Crippen LogP contribution in [0.15, 0.2) is 44.4 Å². The highest BCUT2D eigenvalue weighted by molar-refractivity contribution is 7.92. The maximum absolute atomic E-state index is 12.8. The minimum atomic E-state index is -3.80. The number of nitrogens with one attached hydrogen (secondary N) is 1. The van der Waals surface area contributed by atoms with Crippen molar-refractivity contribution in [3.63, 3.8) is 0 Å². The summed E-state index contributed by atoms with van der Waals surface area (Å²) < 4.78 is 34.9. The molecule has 2 heterocycles. The number of sulfonamides is 1. The van der Waals surface area contributed by atoms with E-state index in [0.717, 1.165) is 5.69 Å². The number of rotatable bonds is 4. The van der Waals surface area contributed by atoms with Crippen LogP contribution in [0.1, 0.15) is 31.3 Å². The van der Waals surface area contributed by atoms with E-state index in [1.807, 2.05) is 20.8 Å². The molecule has 0 spiro atoms. The van der Waals surface area contributed by atoms with Crippen LogP contribution in [0.3, 0.4) is 0 Å². The van der Waals surface area contributed by atoms with Gasteiger partial charge in [0, 0.05) is 17.5 Å². The summed E-state index contributed by atoms with van der Waals surface area (Å²) >= 11 is 0. The van der Waals surface area contributed by atoms with Crippen molar-refractivity contribution in [1.29, 1.82) is 0 Å². The Balaban J connectivity index is 2.03. The first-order chi connectivity index (χ1) is 11.7. The summed E-state index contributed by atoms with van der Waals surface area (Å²) in [7, 11) is -3.80. The van der Waals surface area contributed by atoms with Gasteiger partial charge < -0.3 is 4.42 Å². The van der Waals surface area contributed by atoms with Crippen LogP contribution in [0.4, 0.5) is 5.69 Å². The Morgan fingerprint density at radius 1 is 1.16 bits per heavy atom. The molecule has 25 heavy (non-hydrogen) atoms. The average Bonchev–Trinajstić information content (AvgIpc) is 2.82. The van der Waals surface area contributed by atoms with Crippen LogP contribution in [0, 0.1) is 13.8 Å². The van der Waals surface area contributed by atoms with Gasteiger partial charge in [0.2, 0.25) is 0 Å². The fourth-order valence-electron chi connectivity index (χ4n) is 2.72. The Bertz CT molecular complexity index is 1110. The van der Waals surface area contributed by atoms with Crippen molar-refractivity contribution < 1.29 is 12.8 Å². The lowest BCUT2D eigenvalue weighted by Gasteiger charge is -2.11. The van der Waals surface area contributed by atoms with Gasteiger partial charge in [-0.15, -0.1) is 0 Å². The molecule has 0 amide bonds. The van der Waals surface area contributed by atoms with E-state index < -0.39 is 15.6 Å². The first-order valence-electron chi connectivity index (χ1n) is 7.81. The van der Waals surface area contributed by atoms with E-state index in [9.17, 15) is 13.2 Å². The summed E-state index contributed by atoms with van der Waals surface area (Å²) in [6.45, 7) is 7.55. The fourth-order valence-corrected chi connectivity index (χ4v) is 3.94. The number of fused-ring (bicyclic) bond motifs is 1. The first-order valence-corrected chi connectivity index (χ1v) is 9.30. The van der Waals surface area contributed by atoms with Crippen molar-refractivity contribution in [1.82, 2.24) is 9.78 Å². The quantitative estimate of drug-likeness (QED) is 0.721. The van der Waals surface area contributed by atoms with Gasteiger partial charge in [-0.2, -0.15) is 5.10 Å². The lowest BCUT2D eigenvalue weighted by atomic mass is 10.2. The summed E-state index contributed by atoms with van der Waals surface area (Å²) in [4.78, 5) is 11.3. The molecule has 0 radical (unpaired) electrons. The first kappa shape index (κ1) is 17.2.